The number of anilines is 1. The lowest BCUT2D eigenvalue weighted by Crippen LogP contribution is -2.41. The zero-order chi connectivity index (χ0) is 22.8. The third-order valence-corrected chi connectivity index (χ3v) is 6.59. The van der Waals surface area contributed by atoms with Crippen LogP contribution in [-0.4, -0.2) is 38.1 Å². The van der Waals surface area contributed by atoms with Gasteiger partial charge in [-0.1, -0.05) is 6.07 Å². The molecule has 168 valence electrons. The van der Waals surface area contributed by atoms with E-state index < -0.39 is 45.6 Å². The van der Waals surface area contributed by atoms with Crippen LogP contribution in [0, 0.1) is 17.6 Å². The van der Waals surface area contributed by atoms with Crippen LogP contribution in [0.4, 0.5) is 27.6 Å². The molecule has 0 atom stereocenters. The van der Waals surface area contributed by atoms with E-state index in [1.807, 2.05) is 0 Å². The number of ether oxygens (including phenoxy) is 1. The first-order valence-corrected chi connectivity index (χ1v) is 10.5. The Hall–Kier alpha value is -2.73. The largest absolute Gasteiger partial charge is 0.573 e. The molecule has 1 fully saturated rings. The van der Waals surface area contributed by atoms with Crippen molar-refractivity contribution in [1.82, 2.24) is 4.31 Å². The van der Waals surface area contributed by atoms with Crippen molar-refractivity contribution in [2.45, 2.75) is 24.1 Å². The lowest BCUT2D eigenvalue weighted by atomic mass is 9.97. The van der Waals surface area contributed by atoms with E-state index >= 15 is 0 Å². The number of sulfonamides is 1. The van der Waals surface area contributed by atoms with Gasteiger partial charge in [0.1, 0.15) is 17.4 Å². The molecule has 0 bridgehead atoms. The Morgan fingerprint density at radius 2 is 1.74 bits per heavy atom. The summed E-state index contributed by atoms with van der Waals surface area (Å²) in [6.07, 6.45) is -4.72. The summed E-state index contributed by atoms with van der Waals surface area (Å²) in [6, 6.07) is 6.74. The highest BCUT2D eigenvalue weighted by molar-refractivity contribution is 7.89. The van der Waals surface area contributed by atoms with Crippen molar-refractivity contribution in [2.24, 2.45) is 5.92 Å². The molecule has 1 amide bonds. The zero-order valence-electron chi connectivity index (χ0n) is 15.8. The molecule has 31 heavy (non-hydrogen) atoms. The lowest BCUT2D eigenvalue weighted by Gasteiger charge is -2.30. The molecule has 0 spiro atoms. The Balaban J connectivity index is 1.64. The predicted octanol–water partition coefficient (Wildman–Crippen LogP) is 3.90. The Bertz CT molecular complexity index is 1070. The van der Waals surface area contributed by atoms with Gasteiger partial charge in [0.25, 0.3) is 0 Å². The topological polar surface area (TPSA) is 75.7 Å². The average Bonchev–Trinajstić information content (AvgIpc) is 2.69. The van der Waals surface area contributed by atoms with Crippen LogP contribution in [0.15, 0.2) is 47.4 Å². The van der Waals surface area contributed by atoms with E-state index in [9.17, 15) is 35.2 Å². The summed E-state index contributed by atoms with van der Waals surface area (Å²) < 4.78 is 94.1. The normalized spacial score (nSPS) is 16.2. The third kappa shape index (κ3) is 5.70. The molecule has 3 rings (SSSR count). The van der Waals surface area contributed by atoms with E-state index in [0.717, 1.165) is 40.7 Å². The predicted molar refractivity (Wildman–Crippen MR) is 99.6 cm³/mol. The molecule has 0 aliphatic carbocycles. The first-order chi connectivity index (χ1) is 14.5. The molecule has 0 radical (unpaired) electrons. The van der Waals surface area contributed by atoms with Crippen molar-refractivity contribution in [1.29, 1.82) is 0 Å². The molecule has 6 nitrogen and oxygen atoms in total. The molecule has 0 saturated carbocycles. The van der Waals surface area contributed by atoms with Crippen LogP contribution in [0.3, 0.4) is 0 Å². The van der Waals surface area contributed by atoms with E-state index in [-0.39, 0.29) is 36.5 Å². The number of hydrogen-bond donors (Lipinski definition) is 1. The highest BCUT2D eigenvalue weighted by Crippen LogP contribution is 2.29. The Morgan fingerprint density at radius 1 is 1.06 bits per heavy atom. The summed E-state index contributed by atoms with van der Waals surface area (Å²) in [5.41, 5.74) is -0.192. The summed E-state index contributed by atoms with van der Waals surface area (Å²) in [6.45, 7) is -0.118. The van der Waals surface area contributed by atoms with Crippen LogP contribution in [0.25, 0.3) is 0 Å². The number of rotatable bonds is 5. The van der Waals surface area contributed by atoms with E-state index in [1.54, 1.807) is 0 Å². The summed E-state index contributed by atoms with van der Waals surface area (Å²) >= 11 is 0. The number of halogens is 5. The molecule has 1 heterocycles. The van der Waals surface area contributed by atoms with Crippen molar-refractivity contribution in [2.75, 3.05) is 18.4 Å². The second kappa shape index (κ2) is 8.79. The first kappa shape index (κ1) is 22.9. The van der Waals surface area contributed by atoms with Crippen LogP contribution < -0.4 is 10.1 Å². The summed E-state index contributed by atoms with van der Waals surface area (Å²) in [7, 11) is -4.11. The highest BCUT2D eigenvalue weighted by atomic mass is 32.2. The van der Waals surface area contributed by atoms with Crippen LogP contribution >= 0.6 is 0 Å². The van der Waals surface area contributed by atoms with Crippen molar-refractivity contribution in [3.8, 4) is 5.75 Å². The Morgan fingerprint density at radius 3 is 2.35 bits per heavy atom. The quantitative estimate of drug-likeness (QED) is 0.681. The van der Waals surface area contributed by atoms with Gasteiger partial charge < -0.3 is 10.1 Å². The number of amides is 1. The monoisotopic (exact) mass is 464 g/mol. The lowest BCUT2D eigenvalue weighted by molar-refractivity contribution is -0.274. The molecule has 0 aromatic heterocycles. The Labute approximate surface area is 174 Å². The molecular weight excluding hydrogens is 447 g/mol. The minimum Gasteiger partial charge on any atom is -0.406 e. The van der Waals surface area contributed by atoms with Crippen molar-refractivity contribution in [3.63, 3.8) is 0 Å². The molecule has 0 unspecified atom stereocenters. The van der Waals surface area contributed by atoms with Gasteiger partial charge in [-0.2, -0.15) is 4.31 Å². The van der Waals surface area contributed by atoms with Crippen LogP contribution in [0.1, 0.15) is 12.8 Å². The van der Waals surface area contributed by atoms with E-state index in [1.165, 1.54) is 0 Å². The SMILES string of the molecule is O=C(Nc1ccc(F)cc1F)C1CCN(S(=O)(=O)c2cccc(OC(F)(F)F)c2)CC1. The van der Waals surface area contributed by atoms with E-state index in [4.69, 9.17) is 0 Å². The summed E-state index contributed by atoms with van der Waals surface area (Å²) in [5.74, 6) is -3.55. The minimum atomic E-state index is -4.96. The molecule has 12 heteroatoms. The number of benzene rings is 2. The first-order valence-electron chi connectivity index (χ1n) is 9.07. The number of piperidine rings is 1. The molecule has 2 aromatic carbocycles. The fourth-order valence-corrected chi connectivity index (χ4v) is 4.67. The van der Waals surface area contributed by atoms with Gasteiger partial charge in [-0.15, -0.1) is 13.2 Å². The van der Waals surface area contributed by atoms with Gasteiger partial charge >= 0.3 is 6.36 Å². The summed E-state index contributed by atoms with van der Waals surface area (Å²) in [4.78, 5) is 12.0. The second-order valence-corrected chi connectivity index (χ2v) is 8.75. The smallest absolute Gasteiger partial charge is 0.406 e. The maximum Gasteiger partial charge on any atom is 0.573 e. The van der Waals surface area contributed by atoms with Crippen molar-refractivity contribution in [3.05, 3.63) is 54.1 Å². The zero-order valence-corrected chi connectivity index (χ0v) is 16.6. The number of alkyl halides is 3. The van der Waals surface area contributed by atoms with Gasteiger partial charge in [0.2, 0.25) is 15.9 Å². The van der Waals surface area contributed by atoms with Gasteiger partial charge in [-0.25, -0.2) is 17.2 Å². The maximum absolute atomic E-state index is 13.7. The molecule has 2 aromatic rings. The van der Waals surface area contributed by atoms with E-state index in [0.29, 0.717) is 6.07 Å². The number of carbonyl (C=O) groups excluding carboxylic acids is 1. The second-order valence-electron chi connectivity index (χ2n) is 6.81. The standard InChI is InChI=1S/C19H17F5N2O4S/c20-13-4-5-17(16(21)10-13)25-18(27)12-6-8-26(9-7-12)31(28,29)15-3-1-2-14(11-15)30-19(22,23)24/h1-5,10-12H,6-9H2,(H,25,27). The molecule has 1 saturated heterocycles. The maximum atomic E-state index is 13.7. The Kier molecular flexibility index (Phi) is 6.51. The van der Waals surface area contributed by atoms with Crippen LogP contribution in [-0.2, 0) is 14.8 Å². The number of carbonyl (C=O) groups is 1. The van der Waals surface area contributed by atoms with Gasteiger partial charge in [0, 0.05) is 31.1 Å². The van der Waals surface area contributed by atoms with E-state index in [2.05, 4.69) is 10.1 Å². The number of nitrogens with zero attached hydrogens (tertiary/aromatic N) is 1. The molecule has 1 aliphatic rings. The van der Waals surface area contributed by atoms with Crippen molar-refractivity contribution >= 4 is 21.6 Å². The van der Waals surface area contributed by atoms with Gasteiger partial charge in [-0.3, -0.25) is 4.79 Å². The fraction of sp³-hybridized carbons (Fsp3) is 0.316. The van der Waals surface area contributed by atoms with Crippen molar-refractivity contribution < 1.29 is 39.9 Å². The van der Waals surface area contributed by atoms with Gasteiger partial charge in [0.05, 0.1) is 10.6 Å². The molecule has 1 N–H and O–H groups in total. The van der Waals surface area contributed by atoms with Gasteiger partial charge in [-0.05, 0) is 37.1 Å². The highest BCUT2D eigenvalue weighted by Gasteiger charge is 2.34. The minimum absolute atomic E-state index is 0.0589. The molecular formula is C19H17F5N2O4S. The summed E-state index contributed by atoms with van der Waals surface area (Å²) in [5, 5.41) is 2.35. The van der Waals surface area contributed by atoms with Crippen LogP contribution in [0.2, 0.25) is 0 Å². The number of hydrogen-bond acceptors (Lipinski definition) is 4. The average molecular weight is 464 g/mol. The fourth-order valence-electron chi connectivity index (χ4n) is 3.16. The van der Waals surface area contributed by atoms with Crippen LogP contribution in [0.5, 0.6) is 5.75 Å². The number of nitrogens with one attached hydrogen (secondary N) is 1. The third-order valence-electron chi connectivity index (χ3n) is 4.69. The molecule has 1 aliphatic heterocycles. The van der Waals surface area contributed by atoms with Gasteiger partial charge in [0.15, 0.2) is 0 Å².